The van der Waals surface area contributed by atoms with Crippen LogP contribution in [-0.4, -0.2) is 12.5 Å². The fourth-order valence-electron chi connectivity index (χ4n) is 2.52. The molecule has 0 saturated carbocycles. The van der Waals surface area contributed by atoms with Crippen molar-refractivity contribution in [1.29, 1.82) is 0 Å². The van der Waals surface area contributed by atoms with Crippen LogP contribution in [0.4, 0.5) is 5.69 Å². The third-order valence-corrected chi connectivity index (χ3v) is 3.80. The van der Waals surface area contributed by atoms with Gasteiger partial charge in [0.1, 0.15) is 5.75 Å². The van der Waals surface area contributed by atoms with Gasteiger partial charge in [0.25, 0.3) is 0 Å². The number of fused-ring (bicyclic) bond motifs is 1. The summed E-state index contributed by atoms with van der Waals surface area (Å²) in [5.41, 5.74) is 1.74. The molecular formula is C22H21NO2. The highest BCUT2D eigenvalue weighted by Crippen LogP contribution is 2.19. The van der Waals surface area contributed by atoms with Crippen molar-refractivity contribution in [3.8, 4) is 5.75 Å². The Labute approximate surface area is 147 Å². The first kappa shape index (κ1) is 16.8. The lowest BCUT2D eigenvalue weighted by molar-refractivity contribution is -0.111. The zero-order valence-corrected chi connectivity index (χ0v) is 14.2. The van der Waals surface area contributed by atoms with Gasteiger partial charge in [0.2, 0.25) is 5.91 Å². The normalized spacial score (nSPS) is 10.9. The molecule has 0 fully saturated rings. The van der Waals surface area contributed by atoms with E-state index in [0.717, 1.165) is 34.2 Å². The molecular weight excluding hydrogens is 310 g/mol. The number of ether oxygens (including phenoxy) is 1. The van der Waals surface area contributed by atoms with Gasteiger partial charge in [0, 0.05) is 11.8 Å². The third kappa shape index (κ3) is 4.70. The highest BCUT2D eigenvalue weighted by Gasteiger charge is 2.00. The van der Waals surface area contributed by atoms with Crippen LogP contribution < -0.4 is 10.1 Å². The van der Waals surface area contributed by atoms with Crippen LogP contribution in [0.2, 0.25) is 0 Å². The molecule has 25 heavy (non-hydrogen) atoms. The third-order valence-electron chi connectivity index (χ3n) is 3.80. The number of benzene rings is 3. The van der Waals surface area contributed by atoms with Crippen molar-refractivity contribution < 1.29 is 9.53 Å². The molecule has 0 unspecified atom stereocenters. The van der Waals surface area contributed by atoms with Crippen LogP contribution in [0.5, 0.6) is 5.75 Å². The Morgan fingerprint density at radius 3 is 2.52 bits per heavy atom. The van der Waals surface area contributed by atoms with E-state index in [1.807, 2.05) is 60.7 Å². The molecule has 1 amide bonds. The van der Waals surface area contributed by atoms with Crippen LogP contribution >= 0.6 is 0 Å². The molecule has 1 N–H and O–H groups in total. The van der Waals surface area contributed by atoms with Gasteiger partial charge in [-0.15, -0.1) is 0 Å². The zero-order chi connectivity index (χ0) is 17.5. The van der Waals surface area contributed by atoms with Crippen LogP contribution in [0, 0.1) is 0 Å². The van der Waals surface area contributed by atoms with Gasteiger partial charge in [-0.3, -0.25) is 4.79 Å². The lowest BCUT2D eigenvalue weighted by Gasteiger charge is -2.05. The lowest BCUT2D eigenvalue weighted by atomic mass is 10.1. The van der Waals surface area contributed by atoms with Gasteiger partial charge in [-0.25, -0.2) is 0 Å². The van der Waals surface area contributed by atoms with Gasteiger partial charge in [-0.05, 0) is 53.1 Å². The van der Waals surface area contributed by atoms with Gasteiger partial charge in [0.15, 0.2) is 0 Å². The van der Waals surface area contributed by atoms with Crippen LogP contribution in [0.25, 0.3) is 16.8 Å². The predicted octanol–water partition coefficient (Wildman–Crippen LogP) is 5.28. The van der Waals surface area contributed by atoms with Crippen molar-refractivity contribution in [2.75, 3.05) is 11.9 Å². The molecule has 0 aliphatic carbocycles. The van der Waals surface area contributed by atoms with E-state index >= 15 is 0 Å². The number of rotatable bonds is 6. The fraction of sp³-hybridized carbons (Fsp3) is 0.136. The lowest BCUT2D eigenvalue weighted by Crippen LogP contribution is -2.07. The van der Waals surface area contributed by atoms with Crippen LogP contribution in [0.3, 0.4) is 0 Å². The molecule has 0 heterocycles. The minimum absolute atomic E-state index is 0.151. The number of carbonyl (C=O) groups is 1. The maximum absolute atomic E-state index is 12.1. The van der Waals surface area contributed by atoms with Gasteiger partial charge in [0.05, 0.1) is 6.61 Å². The number of nitrogens with one attached hydrogen (secondary N) is 1. The summed E-state index contributed by atoms with van der Waals surface area (Å²) in [7, 11) is 0. The molecule has 0 aromatic heterocycles. The molecule has 0 aliphatic heterocycles. The minimum Gasteiger partial charge on any atom is -0.494 e. The highest BCUT2D eigenvalue weighted by atomic mass is 16.5. The Morgan fingerprint density at radius 1 is 1.00 bits per heavy atom. The van der Waals surface area contributed by atoms with Crippen molar-refractivity contribution in [3.05, 3.63) is 78.4 Å². The summed E-state index contributed by atoms with van der Waals surface area (Å²) in [6, 6.07) is 21.7. The molecule has 3 heteroatoms. The monoisotopic (exact) mass is 331 g/mol. The van der Waals surface area contributed by atoms with Gasteiger partial charge >= 0.3 is 0 Å². The smallest absolute Gasteiger partial charge is 0.248 e. The SMILES string of the molecule is CCCOc1ccc(C=CC(=O)Nc2ccc3ccccc3c2)cc1. The fourth-order valence-corrected chi connectivity index (χ4v) is 2.52. The summed E-state index contributed by atoms with van der Waals surface area (Å²) in [6.45, 7) is 2.79. The zero-order valence-electron chi connectivity index (χ0n) is 14.2. The molecule has 0 aliphatic rings. The quantitative estimate of drug-likeness (QED) is 0.624. The number of amides is 1. The Hall–Kier alpha value is -3.07. The standard InChI is InChI=1S/C22H21NO2/c1-2-15-25-21-12-7-17(8-13-21)9-14-22(24)23-20-11-10-18-5-3-4-6-19(18)16-20/h3-14,16H,2,15H2,1H3,(H,23,24). The topological polar surface area (TPSA) is 38.3 Å². The number of anilines is 1. The minimum atomic E-state index is -0.151. The number of carbonyl (C=O) groups excluding carboxylic acids is 1. The summed E-state index contributed by atoms with van der Waals surface area (Å²) in [5, 5.41) is 5.15. The molecule has 0 bridgehead atoms. The predicted molar refractivity (Wildman–Crippen MR) is 104 cm³/mol. The number of hydrogen-bond donors (Lipinski definition) is 1. The van der Waals surface area contributed by atoms with Crippen LogP contribution in [0.1, 0.15) is 18.9 Å². The molecule has 3 aromatic carbocycles. The summed E-state index contributed by atoms with van der Waals surface area (Å²) >= 11 is 0. The largest absolute Gasteiger partial charge is 0.494 e. The molecule has 0 spiro atoms. The average molecular weight is 331 g/mol. The Morgan fingerprint density at radius 2 is 1.76 bits per heavy atom. The Bertz CT molecular complexity index is 882. The van der Waals surface area contributed by atoms with Crippen molar-refractivity contribution in [2.45, 2.75) is 13.3 Å². The van der Waals surface area contributed by atoms with Crippen molar-refractivity contribution in [2.24, 2.45) is 0 Å². The highest BCUT2D eigenvalue weighted by molar-refractivity contribution is 6.03. The number of hydrogen-bond acceptors (Lipinski definition) is 2. The van der Waals surface area contributed by atoms with E-state index in [1.165, 1.54) is 6.08 Å². The second-order valence-electron chi connectivity index (χ2n) is 5.80. The maximum atomic E-state index is 12.1. The van der Waals surface area contributed by atoms with E-state index in [4.69, 9.17) is 4.74 Å². The second-order valence-corrected chi connectivity index (χ2v) is 5.80. The molecule has 3 nitrogen and oxygen atoms in total. The first-order valence-electron chi connectivity index (χ1n) is 8.45. The molecule has 0 saturated heterocycles. The van der Waals surface area contributed by atoms with Crippen molar-refractivity contribution in [3.63, 3.8) is 0 Å². The molecule has 0 radical (unpaired) electrons. The van der Waals surface area contributed by atoms with Gasteiger partial charge in [-0.1, -0.05) is 49.4 Å². The molecule has 0 atom stereocenters. The van der Waals surface area contributed by atoms with Crippen molar-refractivity contribution >= 4 is 28.4 Å². The van der Waals surface area contributed by atoms with E-state index in [-0.39, 0.29) is 5.91 Å². The summed E-state index contributed by atoms with van der Waals surface area (Å²) in [4.78, 5) is 12.1. The van der Waals surface area contributed by atoms with Crippen LogP contribution in [-0.2, 0) is 4.79 Å². The first-order valence-corrected chi connectivity index (χ1v) is 8.45. The van der Waals surface area contributed by atoms with Crippen LogP contribution in [0.15, 0.2) is 72.8 Å². The summed E-state index contributed by atoms with van der Waals surface area (Å²) < 4.78 is 5.55. The average Bonchev–Trinajstić information content (AvgIpc) is 2.65. The summed E-state index contributed by atoms with van der Waals surface area (Å²) in [6.07, 6.45) is 4.31. The maximum Gasteiger partial charge on any atom is 0.248 e. The molecule has 126 valence electrons. The molecule has 3 rings (SSSR count). The van der Waals surface area contributed by atoms with E-state index in [9.17, 15) is 4.79 Å². The first-order chi connectivity index (χ1) is 12.2. The summed E-state index contributed by atoms with van der Waals surface area (Å²) in [5.74, 6) is 0.696. The van der Waals surface area contributed by atoms with Crippen molar-refractivity contribution in [1.82, 2.24) is 0 Å². The van der Waals surface area contributed by atoms with E-state index in [2.05, 4.69) is 18.3 Å². The Kier molecular flexibility index (Phi) is 5.47. The van der Waals surface area contributed by atoms with E-state index < -0.39 is 0 Å². The second kappa shape index (κ2) is 8.15. The molecule has 3 aromatic rings. The Balaban J connectivity index is 1.61. The van der Waals surface area contributed by atoms with Gasteiger partial charge in [-0.2, -0.15) is 0 Å². The van der Waals surface area contributed by atoms with E-state index in [0.29, 0.717) is 6.61 Å². The van der Waals surface area contributed by atoms with E-state index in [1.54, 1.807) is 6.08 Å². The van der Waals surface area contributed by atoms with Gasteiger partial charge < -0.3 is 10.1 Å².